The highest BCUT2D eigenvalue weighted by Crippen LogP contribution is 2.24. The number of nitrogens with one attached hydrogen (secondary N) is 1. The van der Waals surface area contributed by atoms with Crippen molar-refractivity contribution in [2.75, 3.05) is 37.7 Å². The van der Waals surface area contributed by atoms with Gasteiger partial charge in [-0.05, 0) is 18.2 Å². The number of amides is 1. The Balaban J connectivity index is 1.78. The highest BCUT2D eigenvalue weighted by Gasteiger charge is 2.15. The Morgan fingerprint density at radius 1 is 1.42 bits per heavy atom. The van der Waals surface area contributed by atoms with E-state index in [0.29, 0.717) is 22.8 Å². The van der Waals surface area contributed by atoms with E-state index >= 15 is 0 Å². The molecule has 1 heterocycles. The van der Waals surface area contributed by atoms with Crippen LogP contribution in [-0.4, -0.2) is 42.7 Å². The summed E-state index contributed by atoms with van der Waals surface area (Å²) in [6, 6.07) is 4.63. The van der Waals surface area contributed by atoms with Gasteiger partial charge < -0.3 is 16.0 Å². The van der Waals surface area contributed by atoms with Gasteiger partial charge in [0, 0.05) is 48.9 Å². The maximum atomic E-state index is 13.5. The molecule has 4 nitrogen and oxygen atoms in total. The van der Waals surface area contributed by atoms with Crippen LogP contribution in [0.4, 0.5) is 10.1 Å². The lowest BCUT2D eigenvalue weighted by atomic mass is 10.3. The minimum Gasteiger partial charge on any atom is -0.399 e. The number of nitrogens with zero attached hydrogens (tertiary/aromatic N) is 1. The highest BCUT2D eigenvalue weighted by molar-refractivity contribution is 7.99. The molecule has 19 heavy (non-hydrogen) atoms. The van der Waals surface area contributed by atoms with E-state index in [1.807, 2.05) is 4.90 Å². The Morgan fingerprint density at radius 2 is 2.16 bits per heavy atom. The number of hydrogen-bond acceptors (Lipinski definition) is 4. The van der Waals surface area contributed by atoms with Crippen molar-refractivity contribution >= 4 is 23.4 Å². The van der Waals surface area contributed by atoms with Gasteiger partial charge in [-0.3, -0.25) is 4.79 Å². The molecule has 6 heteroatoms. The van der Waals surface area contributed by atoms with E-state index in [9.17, 15) is 9.18 Å². The Labute approximate surface area is 116 Å². The molecule has 0 bridgehead atoms. The van der Waals surface area contributed by atoms with Crippen LogP contribution in [0.3, 0.4) is 0 Å². The van der Waals surface area contributed by atoms with Gasteiger partial charge in [0.25, 0.3) is 0 Å². The molecule has 1 amide bonds. The summed E-state index contributed by atoms with van der Waals surface area (Å²) in [5.74, 6) is 0.410. The molecule has 0 radical (unpaired) electrons. The zero-order valence-corrected chi connectivity index (χ0v) is 11.5. The minimum atomic E-state index is -0.320. The molecular formula is C13H18FN3OS. The molecule has 0 unspecified atom stereocenters. The van der Waals surface area contributed by atoms with Gasteiger partial charge in [-0.2, -0.15) is 0 Å². The highest BCUT2D eigenvalue weighted by atomic mass is 32.2. The summed E-state index contributed by atoms with van der Waals surface area (Å²) in [5.41, 5.74) is 5.90. The molecule has 1 fully saturated rings. The van der Waals surface area contributed by atoms with E-state index in [1.165, 1.54) is 17.8 Å². The van der Waals surface area contributed by atoms with E-state index in [4.69, 9.17) is 5.73 Å². The van der Waals surface area contributed by atoms with Crippen molar-refractivity contribution < 1.29 is 9.18 Å². The Hall–Kier alpha value is -1.27. The summed E-state index contributed by atoms with van der Waals surface area (Å²) in [5, 5.41) is 3.20. The molecular weight excluding hydrogens is 265 g/mol. The van der Waals surface area contributed by atoms with E-state index in [2.05, 4.69) is 5.32 Å². The summed E-state index contributed by atoms with van der Waals surface area (Å²) < 4.78 is 13.5. The number of piperazine rings is 1. The second-order valence-corrected chi connectivity index (χ2v) is 5.56. The molecule has 0 aromatic heterocycles. The lowest BCUT2D eigenvalue weighted by Crippen LogP contribution is -2.46. The van der Waals surface area contributed by atoms with Gasteiger partial charge in [0.15, 0.2) is 0 Å². The van der Waals surface area contributed by atoms with Crippen molar-refractivity contribution in [3.05, 3.63) is 24.0 Å². The average molecular weight is 283 g/mol. The normalized spacial score (nSPS) is 15.5. The zero-order chi connectivity index (χ0) is 13.7. The number of nitrogen functional groups attached to an aromatic ring is 1. The Morgan fingerprint density at radius 3 is 2.84 bits per heavy atom. The fourth-order valence-electron chi connectivity index (χ4n) is 1.95. The molecule has 0 aliphatic carbocycles. The monoisotopic (exact) mass is 283 g/mol. The quantitative estimate of drug-likeness (QED) is 0.646. The molecule has 2 rings (SSSR count). The van der Waals surface area contributed by atoms with Gasteiger partial charge in [0.2, 0.25) is 5.91 Å². The summed E-state index contributed by atoms with van der Waals surface area (Å²) >= 11 is 1.35. The van der Waals surface area contributed by atoms with Crippen LogP contribution in [-0.2, 0) is 4.79 Å². The SMILES string of the molecule is Nc1ccc(SCCC(=O)N2CCNCC2)c(F)c1. The third kappa shape index (κ3) is 4.11. The number of anilines is 1. The number of thioether (sulfide) groups is 1. The van der Waals surface area contributed by atoms with Crippen LogP contribution < -0.4 is 11.1 Å². The number of halogens is 1. The summed E-state index contributed by atoms with van der Waals surface area (Å²) in [6.45, 7) is 3.23. The van der Waals surface area contributed by atoms with Crippen LogP contribution in [0, 0.1) is 5.82 Å². The van der Waals surface area contributed by atoms with Crippen LogP contribution in [0.2, 0.25) is 0 Å². The van der Waals surface area contributed by atoms with Crippen molar-refractivity contribution in [3.8, 4) is 0 Å². The topological polar surface area (TPSA) is 58.4 Å². The van der Waals surface area contributed by atoms with Gasteiger partial charge in [-0.15, -0.1) is 11.8 Å². The first-order chi connectivity index (χ1) is 9.16. The molecule has 0 atom stereocenters. The number of hydrogen-bond donors (Lipinski definition) is 2. The Kier molecular flexibility index (Phi) is 5.04. The third-order valence-corrected chi connectivity index (χ3v) is 4.05. The molecule has 1 aliphatic heterocycles. The van der Waals surface area contributed by atoms with Crippen molar-refractivity contribution in [1.29, 1.82) is 0 Å². The molecule has 3 N–H and O–H groups in total. The molecule has 1 aromatic rings. The molecule has 0 spiro atoms. The number of nitrogens with two attached hydrogens (primary N) is 1. The van der Waals surface area contributed by atoms with Crippen molar-refractivity contribution in [1.82, 2.24) is 10.2 Å². The largest absolute Gasteiger partial charge is 0.399 e. The molecule has 0 saturated carbocycles. The first-order valence-electron chi connectivity index (χ1n) is 6.33. The van der Waals surface area contributed by atoms with Gasteiger partial charge >= 0.3 is 0 Å². The van der Waals surface area contributed by atoms with Gasteiger partial charge in [-0.1, -0.05) is 0 Å². The molecule has 1 aliphatic rings. The van der Waals surface area contributed by atoms with Crippen molar-refractivity contribution in [2.45, 2.75) is 11.3 Å². The fourth-order valence-corrected chi connectivity index (χ4v) is 2.81. The smallest absolute Gasteiger partial charge is 0.223 e. The average Bonchev–Trinajstić information content (AvgIpc) is 2.42. The molecule has 104 valence electrons. The van der Waals surface area contributed by atoms with Gasteiger partial charge in [0.1, 0.15) is 5.82 Å². The second kappa shape index (κ2) is 6.77. The summed E-state index contributed by atoms with van der Waals surface area (Å²) in [7, 11) is 0. The second-order valence-electron chi connectivity index (χ2n) is 4.42. The third-order valence-electron chi connectivity index (χ3n) is 3.00. The van der Waals surface area contributed by atoms with Crippen molar-refractivity contribution in [3.63, 3.8) is 0 Å². The number of rotatable bonds is 4. The minimum absolute atomic E-state index is 0.143. The fraction of sp³-hybridized carbons (Fsp3) is 0.462. The standard InChI is InChI=1S/C13H18FN3OS/c14-11-9-10(15)1-2-12(11)19-8-3-13(18)17-6-4-16-5-7-17/h1-2,9,16H,3-8,15H2. The maximum absolute atomic E-state index is 13.5. The number of carbonyl (C=O) groups is 1. The Bertz CT molecular complexity index is 450. The zero-order valence-electron chi connectivity index (χ0n) is 10.7. The van der Waals surface area contributed by atoms with E-state index in [1.54, 1.807) is 12.1 Å². The first kappa shape index (κ1) is 14.1. The maximum Gasteiger partial charge on any atom is 0.223 e. The van der Waals surface area contributed by atoms with Gasteiger partial charge in [0.05, 0.1) is 0 Å². The van der Waals surface area contributed by atoms with Crippen LogP contribution in [0.25, 0.3) is 0 Å². The predicted molar refractivity (Wildman–Crippen MR) is 75.6 cm³/mol. The number of benzene rings is 1. The number of carbonyl (C=O) groups excluding carboxylic acids is 1. The predicted octanol–water partition coefficient (Wildman–Crippen LogP) is 1.32. The van der Waals surface area contributed by atoms with Crippen LogP contribution in [0.1, 0.15) is 6.42 Å². The summed E-state index contributed by atoms with van der Waals surface area (Å²) in [4.78, 5) is 14.3. The van der Waals surface area contributed by atoms with Crippen molar-refractivity contribution in [2.24, 2.45) is 0 Å². The van der Waals surface area contributed by atoms with E-state index in [0.717, 1.165) is 26.2 Å². The van der Waals surface area contributed by atoms with E-state index in [-0.39, 0.29) is 11.7 Å². The summed E-state index contributed by atoms with van der Waals surface area (Å²) in [6.07, 6.45) is 0.439. The first-order valence-corrected chi connectivity index (χ1v) is 7.31. The van der Waals surface area contributed by atoms with Gasteiger partial charge in [-0.25, -0.2) is 4.39 Å². The van der Waals surface area contributed by atoms with Crippen LogP contribution in [0.5, 0.6) is 0 Å². The lowest BCUT2D eigenvalue weighted by Gasteiger charge is -2.27. The molecule has 1 aromatic carbocycles. The van der Waals surface area contributed by atoms with Crippen LogP contribution >= 0.6 is 11.8 Å². The van der Waals surface area contributed by atoms with E-state index < -0.39 is 0 Å². The lowest BCUT2D eigenvalue weighted by molar-refractivity contribution is -0.131. The molecule has 1 saturated heterocycles. The van der Waals surface area contributed by atoms with Crippen LogP contribution in [0.15, 0.2) is 23.1 Å².